The lowest BCUT2D eigenvalue weighted by atomic mass is 10.2. The Morgan fingerprint density at radius 3 is 2.48 bits per heavy atom. The molecule has 1 aliphatic heterocycles. The number of hydrogen-bond donors (Lipinski definition) is 0. The third kappa shape index (κ3) is 3.21. The zero-order valence-corrected chi connectivity index (χ0v) is 14.4. The van der Waals surface area contributed by atoms with Crippen LogP contribution in [0.4, 0.5) is 0 Å². The fourth-order valence-corrected chi connectivity index (χ4v) is 6.11. The van der Waals surface area contributed by atoms with Crippen molar-refractivity contribution in [2.24, 2.45) is 0 Å². The van der Waals surface area contributed by atoms with Gasteiger partial charge in [0.2, 0.25) is 0 Å². The van der Waals surface area contributed by atoms with Crippen molar-refractivity contribution >= 4 is 32.7 Å². The summed E-state index contributed by atoms with van der Waals surface area (Å²) in [4.78, 5) is 5.35. The number of hydrogen-bond acceptors (Lipinski definition) is 5. The first-order valence-corrected chi connectivity index (χ1v) is 10.2. The Hall–Kier alpha value is -0.760. The van der Waals surface area contributed by atoms with E-state index in [1.807, 2.05) is 18.4 Å². The van der Waals surface area contributed by atoms with Gasteiger partial charge in [0.15, 0.2) is 0 Å². The molecule has 0 N–H and O–H groups in total. The molecule has 1 saturated heterocycles. The molecule has 0 unspecified atom stereocenters. The van der Waals surface area contributed by atoms with E-state index in [4.69, 9.17) is 0 Å². The predicted octanol–water partition coefficient (Wildman–Crippen LogP) is 3.74. The van der Waals surface area contributed by atoms with Gasteiger partial charge in [-0.15, -0.1) is 22.7 Å². The molecule has 21 heavy (non-hydrogen) atoms. The second-order valence-corrected chi connectivity index (χ2v) is 9.50. The Bertz CT molecular complexity index is 710. The molecular formula is C14H18N2O2S3. The Kier molecular flexibility index (Phi) is 4.44. The second-order valence-electron chi connectivity index (χ2n) is 5.19. The molecule has 1 aliphatic rings. The van der Waals surface area contributed by atoms with Crippen molar-refractivity contribution in [3.05, 3.63) is 22.5 Å². The smallest absolute Gasteiger partial charge is 0.241 e. The van der Waals surface area contributed by atoms with Crippen LogP contribution in [-0.2, 0) is 10.0 Å². The summed E-state index contributed by atoms with van der Waals surface area (Å²) >= 11 is 2.90. The van der Waals surface area contributed by atoms with Crippen molar-refractivity contribution in [3.63, 3.8) is 0 Å². The maximum Gasteiger partial charge on any atom is 0.252 e. The van der Waals surface area contributed by atoms with Gasteiger partial charge in [-0.25, -0.2) is 13.4 Å². The standard InChI is InChI=1S/C14H18N2O2S3/c1-11-15-12(10-19-11)13-6-7-14(20-13)21(17,18)16-8-4-2-3-5-9-16/h6-7,10H,2-5,8-9H2,1H3. The first kappa shape index (κ1) is 15.1. The molecule has 1 fully saturated rings. The number of sulfonamides is 1. The van der Waals surface area contributed by atoms with Crippen molar-refractivity contribution in [1.29, 1.82) is 0 Å². The van der Waals surface area contributed by atoms with Gasteiger partial charge in [0.25, 0.3) is 10.0 Å². The fourth-order valence-electron chi connectivity index (χ4n) is 2.48. The highest BCUT2D eigenvalue weighted by atomic mass is 32.2. The minimum absolute atomic E-state index is 0.435. The largest absolute Gasteiger partial charge is 0.252 e. The Balaban J connectivity index is 1.87. The van der Waals surface area contributed by atoms with Gasteiger partial charge in [0.05, 0.1) is 15.6 Å². The van der Waals surface area contributed by atoms with Gasteiger partial charge in [0, 0.05) is 18.5 Å². The molecule has 0 saturated carbocycles. The SMILES string of the molecule is Cc1nc(-c2ccc(S(=O)(=O)N3CCCCCC3)s2)cs1. The van der Waals surface area contributed by atoms with Gasteiger partial charge < -0.3 is 0 Å². The number of rotatable bonds is 3. The molecule has 0 aromatic carbocycles. The molecule has 4 nitrogen and oxygen atoms in total. The molecule has 0 atom stereocenters. The maximum absolute atomic E-state index is 12.7. The van der Waals surface area contributed by atoms with E-state index < -0.39 is 10.0 Å². The highest BCUT2D eigenvalue weighted by Gasteiger charge is 2.27. The predicted molar refractivity (Wildman–Crippen MR) is 87.4 cm³/mol. The molecule has 114 valence electrons. The average molecular weight is 343 g/mol. The lowest BCUT2D eigenvalue weighted by molar-refractivity contribution is 0.425. The summed E-state index contributed by atoms with van der Waals surface area (Å²) in [6.07, 6.45) is 4.17. The van der Waals surface area contributed by atoms with Crippen molar-refractivity contribution in [1.82, 2.24) is 9.29 Å². The summed E-state index contributed by atoms with van der Waals surface area (Å²) < 4.78 is 27.5. The summed E-state index contributed by atoms with van der Waals surface area (Å²) in [6.45, 7) is 3.24. The average Bonchev–Trinajstić information content (AvgIpc) is 3.01. The molecule has 2 aromatic rings. The van der Waals surface area contributed by atoms with E-state index in [0.717, 1.165) is 41.3 Å². The van der Waals surface area contributed by atoms with Gasteiger partial charge in [-0.05, 0) is 31.9 Å². The number of thiophene rings is 1. The third-order valence-corrected chi connectivity index (χ3v) is 7.86. The van der Waals surface area contributed by atoms with Crippen LogP contribution in [0.25, 0.3) is 10.6 Å². The molecule has 3 heterocycles. The van der Waals surface area contributed by atoms with Gasteiger partial charge in [-0.2, -0.15) is 4.31 Å². The molecule has 2 aromatic heterocycles. The summed E-state index contributed by atoms with van der Waals surface area (Å²) in [5, 5.41) is 2.97. The number of aryl methyl sites for hydroxylation is 1. The highest BCUT2D eigenvalue weighted by molar-refractivity contribution is 7.91. The monoisotopic (exact) mass is 342 g/mol. The minimum atomic E-state index is -3.34. The summed E-state index contributed by atoms with van der Waals surface area (Å²) in [5.74, 6) is 0. The molecular weight excluding hydrogens is 324 g/mol. The fraction of sp³-hybridized carbons (Fsp3) is 0.500. The van der Waals surface area contributed by atoms with Gasteiger partial charge >= 0.3 is 0 Å². The van der Waals surface area contributed by atoms with Crippen LogP contribution in [0, 0.1) is 6.92 Å². The Morgan fingerprint density at radius 2 is 1.86 bits per heavy atom. The minimum Gasteiger partial charge on any atom is -0.241 e. The van der Waals surface area contributed by atoms with E-state index in [1.165, 1.54) is 11.3 Å². The van der Waals surface area contributed by atoms with E-state index in [-0.39, 0.29) is 0 Å². The summed E-state index contributed by atoms with van der Waals surface area (Å²) in [6, 6.07) is 3.58. The Labute approximate surface area is 133 Å². The quantitative estimate of drug-likeness (QED) is 0.853. The van der Waals surface area contributed by atoms with Crippen LogP contribution in [0.2, 0.25) is 0 Å². The van der Waals surface area contributed by atoms with Gasteiger partial charge in [0.1, 0.15) is 4.21 Å². The van der Waals surface area contributed by atoms with Crippen LogP contribution in [0.15, 0.2) is 21.7 Å². The van der Waals surface area contributed by atoms with Crippen molar-refractivity contribution in [2.75, 3.05) is 13.1 Å². The molecule has 0 aliphatic carbocycles. The number of aromatic nitrogens is 1. The first-order chi connectivity index (χ1) is 10.1. The molecule has 0 amide bonds. The highest BCUT2D eigenvalue weighted by Crippen LogP contribution is 2.33. The summed E-state index contributed by atoms with van der Waals surface area (Å²) in [7, 11) is -3.34. The van der Waals surface area contributed by atoms with Crippen molar-refractivity contribution < 1.29 is 8.42 Å². The third-order valence-electron chi connectivity index (χ3n) is 3.61. The first-order valence-electron chi connectivity index (χ1n) is 7.10. The zero-order chi connectivity index (χ0) is 14.9. The van der Waals surface area contributed by atoms with Gasteiger partial charge in [-0.3, -0.25) is 0 Å². The normalized spacial score (nSPS) is 17.8. The van der Waals surface area contributed by atoms with Crippen molar-refractivity contribution in [3.8, 4) is 10.6 Å². The lowest BCUT2D eigenvalue weighted by Gasteiger charge is -2.18. The zero-order valence-electron chi connectivity index (χ0n) is 11.9. The van der Waals surface area contributed by atoms with Crippen LogP contribution in [0.5, 0.6) is 0 Å². The van der Waals surface area contributed by atoms with Crippen LogP contribution >= 0.6 is 22.7 Å². The topological polar surface area (TPSA) is 50.3 Å². The van der Waals surface area contributed by atoms with Crippen LogP contribution in [-0.4, -0.2) is 30.8 Å². The second kappa shape index (κ2) is 6.16. The maximum atomic E-state index is 12.7. The van der Waals surface area contributed by atoms with E-state index in [2.05, 4.69) is 4.98 Å². The van der Waals surface area contributed by atoms with Crippen LogP contribution < -0.4 is 0 Å². The van der Waals surface area contributed by atoms with E-state index >= 15 is 0 Å². The van der Waals surface area contributed by atoms with Crippen LogP contribution in [0.3, 0.4) is 0 Å². The Morgan fingerprint density at radius 1 is 1.14 bits per heavy atom. The van der Waals surface area contributed by atoms with Crippen molar-refractivity contribution in [2.45, 2.75) is 36.8 Å². The lowest BCUT2D eigenvalue weighted by Crippen LogP contribution is -2.31. The molecule has 0 bridgehead atoms. The number of nitrogens with zero attached hydrogens (tertiary/aromatic N) is 2. The van der Waals surface area contributed by atoms with Gasteiger partial charge in [-0.1, -0.05) is 12.8 Å². The van der Waals surface area contributed by atoms with E-state index in [1.54, 1.807) is 21.7 Å². The molecule has 0 spiro atoms. The van der Waals surface area contributed by atoms with E-state index in [9.17, 15) is 8.42 Å². The molecule has 7 heteroatoms. The van der Waals surface area contributed by atoms with E-state index in [0.29, 0.717) is 17.3 Å². The number of thiazole rings is 1. The van der Waals surface area contributed by atoms with Crippen LogP contribution in [0.1, 0.15) is 30.7 Å². The summed E-state index contributed by atoms with van der Waals surface area (Å²) in [5.41, 5.74) is 0.875. The molecule has 0 radical (unpaired) electrons. The molecule has 3 rings (SSSR count).